The van der Waals surface area contributed by atoms with E-state index in [4.69, 9.17) is 9.47 Å². The number of nitrogens with zero attached hydrogens (tertiary/aromatic N) is 1. The van der Waals surface area contributed by atoms with E-state index in [1.807, 2.05) is 24.3 Å². The Hall–Kier alpha value is -2.50. The predicted molar refractivity (Wildman–Crippen MR) is 107 cm³/mol. The zero-order valence-electron chi connectivity index (χ0n) is 16.3. The van der Waals surface area contributed by atoms with Gasteiger partial charge in [-0.1, -0.05) is 12.1 Å². The highest BCUT2D eigenvalue weighted by molar-refractivity contribution is 7.89. The number of hydrogen-bond acceptors (Lipinski definition) is 6. The van der Waals surface area contributed by atoms with Gasteiger partial charge in [-0.25, -0.2) is 17.9 Å². The van der Waals surface area contributed by atoms with Gasteiger partial charge in [-0.2, -0.15) is 4.39 Å². The molecule has 0 saturated heterocycles. The minimum atomic E-state index is -3.52. The highest BCUT2D eigenvalue weighted by atomic mass is 32.2. The van der Waals surface area contributed by atoms with Crippen molar-refractivity contribution in [2.24, 2.45) is 5.92 Å². The van der Waals surface area contributed by atoms with Crippen molar-refractivity contribution in [3.63, 3.8) is 0 Å². The Morgan fingerprint density at radius 1 is 1.27 bits per heavy atom. The van der Waals surface area contributed by atoms with E-state index in [-0.39, 0.29) is 32.1 Å². The van der Waals surface area contributed by atoms with Crippen LogP contribution in [-0.2, 0) is 28.0 Å². The Labute approximate surface area is 172 Å². The fourth-order valence-electron chi connectivity index (χ4n) is 2.60. The number of ether oxygens (including phenoxy) is 2. The van der Waals surface area contributed by atoms with Crippen molar-refractivity contribution in [3.05, 3.63) is 62.7 Å². The standard InChI is InChI=1S/C19H24FN3O6S/c20-17-11-23(19(25)22-18(17)24)13-28-7-2-8-30(26,27)21-10-15-3-1-4-16(9-15)29-12-14-5-6-14/h1,3-4,9,11,14,21H,2,5-8,10,12-13H2,(H,22,24,25). The van der Waals surface area contributed by atoms with Crippen molar-refractivity contribution in [2.75, 3.05) is 19.0 Å². The normalized spacial score (nSPS) is 14.0. The first-order chi connectivity index (χ1) is 14.3. The fourth-order valence-corrected chi connectivity index (χ4v) is 3.63. The zero-order valence-corrected chi connectivity index (χ0v) is 17.1. The smallest absolute Gasteiger partial charge is 0.330 e. The van der Waals surface area contributed by atoms with Gasteiger partial charge in [0, 0.05) is 13.2 Å². The number of aromatic nitrogens is 2. The summed E-state index contributed by atoms with van der Waals surface area (Å²) in [5.41, 5.74) is -1.12. The summed E-state index contributed by atoms with van der Waals surface area (Å²) in [7, 11) is -3.52. The van der Waals surface area contributed by atoms with Crippen molar-refractivity contribution in [1.29, 1.82) is 0 Å². The van der Waals surface area contributed by atoms with Crippen LogP contribution in [0.25, 0.3) is 0 Å². The van der Waals surface area contributed by atoms with Gasteiger partial charge >= 0.3 is 5.69 Å². The van der Waals surface area contributed by atoms with Gasteiger partial charge in [-0.15, -0.1) is 0 Å². The van der Waals surface area contributed by atoms with Gasteiger partial charge in [0.05, 0.1) is 18.6 Å². The quantitative estimate of drug-likeness (QED) is 0.473. The van der Waals surface area contributed by atoms with Crippen LogP contribution in [0.15, 0.2) is 40.1 Å². The number of halogens is 1. The molecule has 0 unspecified atom stereocenters. The summed E-state index contributed by atoms with van der Waals surface area (Å²) < 4.78 is 51.7. The summed E-state index contributed by atoms with van der Waals surface area (Å²) in [5.74, 6) is 0.0869. The monoisotopic (exact) mass is 441 g/mol. The molecule has 0 atom stereocenters. The molecule has 1 heterocycles. The van der Waals surface area contributed by atoms with Gasteiger partial charge in [0.2, 0.25) is 15.8 Å². The Morgan fingerprint density at radius 2 is 2.07 bits per heavy atom. The van der Waals surface area contributed by atoms with Crippen LogP contribution < -0.4 is 20.7 Å². The number of benzene rings is 1. The molecule has 2 aromatic rings. The van der Waals surface area contributed by atoms with E-state index in [2.05, 4.69) is 4.72 Å². The largest absolute Gasteiger partial charge is 0.493 e. The summed E-state index contributed by atoms with van der Waals surface area (Å²) in [6, 6.07) is 7.30. The molecule has 30 heavy (non-hydrogen) atoms. The van der Waals surface area contributed by atoms with E-state index in [1.165, 1.54) is 12.8 Å². The maximum absolute atomic E-state index is 13.2. The molecule has 3 rings (SSSR count). The van der Waals surface area contributed by atoms with Gasteiger partial charge < -0.3 is 9.47 Å². The average molecular weight is 441 g/mol. The number of aromatic amines is 1. The molecular formula is C19H24FN3O6S. The third-order valence-corrected chi connectivity index (χ3v) is 5.89. The van der Waals surface area contributed by atoms with Crippen molar-refractivity contribution >= 4 is 10.0 Å². The second kappa shape index (κ2) is 10.0. The first-order valence-corrected chi connectivity index (χ1v) is 11.2. The van der Waals surface area contributed by atoms with Crippen molar-refractivity contribution < 1.29 is 22.3 Å². The minimum Gasteiger partial charge on any atom is -0.493 e. The summed E-state index contributed by atoms with van der Waals surface area (Å²) in [4.78, 5) is 24.2. The molecule has 1 aromatic heterocycles. The van der Waals surface area contributed by atoms with Crippen LogP contribution in [0.1, 0.15) is 24.8 Å². The van der Waals surface area contributed by atoms with Crippen LogP contribution in [-0.4, -0.2) is 36.9 Å². The van der Waals surface area contributed by atoms with Crippen LogP contribution in [0.2, 0.25) is 0 Å². The molecule has 0 aliphatic heterocycles. The lowest BCUT2D eigenvalue weighted by Crippen LogP contribution is -2.32. The maximum Gasteiger partial charge on any atom is 0.330 e. The third-order valence-electron chi connectivity index (χ3n) is 4.48. The number of nitrogens with one attached hydrogen (secondary N) is 2. The zero-order chi connectivity index (χ0) is 21.6. The van der Waals surface area contributed by atoms with E-state index >= 15 is 0 Å². The molecule has 1 fully saturated rings. The molecule has 164 valence electrons. The maximum atomic E-state index is 13.2. The molecule has 2 N–H and O–H groups in total. The van der Waals surface area contributed by atoms with Crippen molar-refractivity contribution in [3.8, 4) is 5.75 Å². The first-order valence-electron chi connectivity index (χ1n) is 9.58. The third kappa shape index (κ3) is 7.08. The van der Waals surface area contributed by atoms with Crippen molar-refractivity contribution in [2.45, 2.75) is 32.5 Å². The second-order valence-electron chi connectivity index (χ2n) is 7.14. The lowest BCUT2D eigenvalue weighted by atomic mass is 10.2. The Kier molecular flexibility index (Phi) is 7.40. The molecule has 0 spiro atoms. The molecular weight excluding hydrogens is 417 g/mol. The van der Waals surface area contributed by atoms with Crippen LogP contribution in [0.5, 0.6) is 5.75 Å². The van der Waals surface area contributed by atoms with Gasteiger partial charge in [-0.3, -0.25) is 14.3 Å². The number of sulfonamides is 1. The summed E-state index contributed by atoms with van der Waals surface area (Å²) in [6.07, 6.45) is 3.31. The fraction of sp³-hybridized carbons (Fsp3) is 0.474. The van der Waals surface area contributed by atoms with Gasteiger partial charge in [0.25, 0.3) is 5.56 Å². The summed E-state index contributed by atoms with van der Waals surface area (Å²) >= 11 is 0. The van der Waals surface area contributed by atoms with Gasteiger partial charge in [0.15, 0.2) is 0 Å². The second-order valence-corrected chi connectivity index (χ2v) is 9.07. The van der Waals surface area contributed by atoms with E-state index in [0.717, 1.165) is 22.1 Å². The number of hydrogen-bond donors (Lipinski definition) is 2. The molecule has 1 saturated carbocycles. The minimum absolute atomic E-state index is 0.0403. The van der Waals surface area contributed by atoms with Crippen LogP contribution in [0, 0.1) is 11.7 Å². The van der Waals surface area contributed by atoms with E-state index < -0.39 is 27.1 Å². The lowest BCUT2D eigenvalue weighted by molar-refractivity contribution is 0.0737. The Bertz CT molecular complexity index is 1080. The van der Waals surface area contributed by atoms with Gasteiger partial charge in [0.1, 0.15) is 12.5 Å². The number of rotatable bonds is 12. The van der Waals surface area contributed by atoms with Crippen molar-refractivity contribution in [1.82, 2.24) is 14.3 Å². The topological polar surface area (TPSA) is 119 Å². The van der Waals surface area contributed by atoms with Gasteiger partial charge in [-0.05, 0) is 42.9 Å². The van der Waals surface area contributed by atoms with Crippen LogP contribution in [0.4, 0.5) is 4.39 Å². The van der Waals surface area contributed by atoms with E-state index in [9.17, 15) is 22.4 Å². The molecule has 9 nitrogen and oxygen atoms in total. The summed E-state index contributed by atoms with van der Waals surface area (Å²) in [5, 5.41) is 0. The molecule has 1 aromatic carbocycles. The molecule has 0 radical (unpaired) electrons. The predicted octanol–water partition coefficient (Wildman–Crippen LogP) is 0.948. The molecule has 1 aliphatic carbocycles. The highest BCUT2D eigenvalue weighted by Gasteiger charge is 2.21. The lowest BCUT2D eigenvalue weighted by Gasteiger charge is -2.10. The molecule has 0 bridgehead atoms. The Balaban J connectivity index is 1.38. The molecule has 11 heteroatoms. The Morgan fingerprint density at radius 3 is 2.83 bits per heavy atom. The average Bonchev–Trinajstić information content (AvgIpc) is 3.53. The van der Waals surface area contributed by atoms with Crippen LogP contribution in [0.3, 0.4) is 0 Å². The highest BCUT2D eigenvalue weighted by Crippen LogP contribution is 2.29. The molecule has 0 amide bonds. The number of H-pyrrole nitrogens is 1. The van der Waals surface area contributed by atoms with E-state index in [1.54, 1.807) is 4.98 Å². The van der Waals surface area contributed by atoms with E-state index in [0.29, 0.717) is 12.5 Å². The molecule has 1 aliphatic rings. The SMILES string of the molecule is O=c1[nH]c(=O)n(COCCCS(=O)(=O)NCc2cccc(OCC3CC3)c2)cc1F. The first kappa shape index (κ1) is 22.2. The van der Waals surface area contributed by atoms with Crippen LogP contribution >= 0.6 is 0 Å². The summed E-state index contributed by atoms with van der Waals surface area (Å²) in [6.45, 7) is 0.578.